The maximum atomic E-state index is 13.0. The summed E-state index contributed by atoms with van der Waals surface area (Å²) in [6.45, 7) is 1.10. The average molecular weight is 1330 g/mol. The van der Waals surface area contributed by atoms with E-state index in [-0.39, 0.29) is 89.8 Å². The second-order valence-corrected chi connectivity index (χ2v) is 24.4. The van der Waals surface area contributed by atoms with Crippen LogP contribution in [0.5, 0.6) is 0 Å². The van der Waals surface area contributed by atoms with E-state index in [1.54, 1.807) is 54.8 Å². The number of aliphatic carboxylic acids is 1. The number of benzene rings is 4. The fourth-order valence-electron chi connectivity index (χ4n) is 10.7. The fraction of sp³-hybridized carbons (Fsp3) is 0.469. The zero-order valence-corrected chi connectivity index (χ0v) is 57.4. The molecule has 488 valence electrons. The smallest absolute Gasteiger partial charge is 0.870 e. The summed E-state index contributed by atoms with van der Waals surface area (Å²) in [5, 5.41) is 89.6. The summed E-state index contributed by atoms with van der Waals surface area (Å²) in [7, 11) is 0. The zero-order valence-electron chi connectivity index (χ0n) is 51.7. The van der Waals surface area contributed by atoms with Crippen LogP contribution in [-0.2, 0) is 51.0 Å². The van der Waals surface area contributed by atoms with Gasteiger partial charge in [-0.05, 0) is 108 Å². The van der Waals surface area contributed by atoms with Gasteiger partial charge in [0.25, 0.3) is 11.8 Å². The molecule has 0 radical (unpaired) electrons. The Morgan fingerprint density at radius 1 is 0.587 bits per heavy atom. The summed E-state index contributed by atoms with van der Waals surface area (Å²) in [6.07, 6.45) is -10.5. The molecule has 0 spiro atoms. The van der Waals surface area contributed by atoms with Gasteiger partial charge in [0.1, 0.15) is 30.4 Å². The van der Waals surface area contributed by atoms with Gasteiger partial charge >= 0.3 is 59.1 Å². The van der Waals surface area contributed by atoms with E-state index >= 15 is 0 Å². The van der Waals surface area contributed by atoms with Crippen LogP contribution in [0, 0.1) is 0 Å². The van der Waals surface area contributed by atoms with Crippen LogP contribution in [-0.4, -0.2) is 194 Å². The van der Waals surface area contributed by atoms with Gasteiger partial charge in [0.15, 0.2) is 0 Å². The minimum atomic E-state index is -2.59. The molecular weight excluding hydrogens is 1250 g/mol. The Morgan fingerprint density at radius 2 is 0.967 bits per heavy atom. The normalized spacial score (nSPS) is 22.3. The molecule has 2 fully saturated rings. The van der Waals surface area contributed by atoms with E-state index in [1.807, 2.05) is 60.7 Å². The van der Waals surface area contributed by atoms with Crippen LogP contribution in [0.1, 0.15) is 84.2 Å². The van der Waals surface area contributed by atoms with Crippen molar-refractivity contribution in [1.82, 2.24) is 21.3 Å². The Balaban J connectivity index is 0.00000602. The van der Waals surface area contributed by atoms with Gasteiger partial charge in [0.05, 0.1) is 48.9 Å². The summed E-state index contributed by atoms with van der Waals surface area (Å²) in [5.74, 6) is -6.78. The predicted molar refractivity (Wildman–Crippen MR) is 331 cm³/mol. The van der Waals surface area contributed by atoms with Crippen LogP contribution < -0.4 is 96.3 Å². The second-order valence-electron chi connectivity index (χ2n) is 21.9. The molecule has 0 unspecified atom stereocenters. The van der Waals surface area contributed by atoms with Crippen molar-refractivity contribution in [2.45, 2.75) is 138 Å². The first kappa shape index (κ1) is 79.7. The minimum absolute atomic E-state index is 0. The van der Waals surface area contributed by atoms with Gasteiger partial charge in [-0.25, -0.2) is 6.29 Å². The molecule has 28 heteroatoms. The molecule has 4 amide bonds. The van der Waals surface area contributed by atoms with E-state index in [9.17, 15) is 74.1 Å². The summed E-state index contributed by atoms with van der Waals surface area (Å²) in [4.78, 5) is 100. The van der Waals surface area contributed by atoms with Crippen molar-refractivity contribution >= 4 is 59.4 Å². The molecule has 92 heavy (non-hydrogen) atoms. The third kappa shape index (κ3) is 21.9. The summed E-state index contributed by atoms with van der Waals surface area (Å²) in [6, 6.07) is 29.8. The van der Waals surface area contributed by atoms with Crippen molar-refractivity contribution in [3.8, 4) is 22.3 Å². The molecular formula is C64H77N4Na2O20S2-. The fourth-order valence-corrected chi connectivity index (χ4v) is 12.4. The van der Waals surface area contributed by atoms with Gasteiger partial charge in [-0.2, -0.15) is 23.5 Å². The largest absolute Gasteiger partial charge is 1.00 e. The van der Waals surface area contributed by atoms with Crippen molar-refractivity contribution in [3.05, 3.63) is 152 Å². The number of hydrogen-bond donors (Lipinski definition) is 10. The maximum absolute atomic E-state index is 13.0. The van der Waals surface area contributed by atoms with E-state index in [2.05, 4.69) is 21.3 Å². The van der Waals surface area contributed by atoms with Crippen molar-refractivity contribution in [2.75, 3.05) is 49.3 Å². The molecule has 24 nitrogen and oxygen atoms in total. The monoisotopic (exact) mass is 1330 g/mol. The third-order valence-corrected chi connectivity index (χ3v) is 17.7. The van der Waals surface area contributed by atoms with Crippen molar-refractivity contribution in [3.63, 3.8) is 0 Å². The number of thioether (sulfide) groups is 2. The van der Waals surface area contributed by atoms with E-state index < -0.39 is 139 Å². The van der Waals surface area contributed by atoms with Gasteiger partial charge in [-0.15, -0.1) is 0 Å². The molecule has 7 rings (SSSR count). The third-order valence-electron chi connectivity index (χ3n) is 15.4. The molecule has 0 saturated carbocycles. The van der Waals surface area contributed by atoms with Crippen LogP contribution in [0.2, 0.25) is 0 Å². The van der Waals surface area contributed by atoms with Crippen LogP contribution in [0.4, 0.5) is 0 Å². The van der Waals surface area contributed by atoms with Gasteiger partial charge in [0.2, 0.25) is 28.5 Å². The SMILES string of the molecule is CC(=O)N[C@H]1[C@H]([C@H](O)[C@H](O)CNC(=O)c2ccc(-c3ccccc3)cc2)O[C@]([C-]=O)(OCCCSCCCc2c(CCCSCCCO[C@]3(C(=O)[O-])C[C@H](O)[C@@H](NC(C)=O)[C@H]([C@H](O)[C@H](O)CNC(=O)c4ccc(-c5ccccc5)cc4)O3)c(=O)c2=O)C[C@@H]1O.[Na+].[Na+].[OH-]. The quantitative estimate of drug-likeness (QED) is 0.00795. The molecule has 0 aliphatic carbocycles. The molecule has 5 aromatic rings. The first-order valence-electron chi connectivity index (χ1n) is 29.4. The number of amides is 4. The zero-order chi connectivity index (χ0) is 64.3. The van der Waals surface area contributed by atoms with Crippen LogP contribution in [0.15, 0.2) is 119 Å². The standard InChI is InChI=1S/C64H77N4O19S2.2Na.H2O/c1-38(70)67-52-48(72)33-63(37-69,86-58(52)56(78)50(74)35-65-60(80)44-23-19-42(20-24-44)40-13-5-3-6-14-40)84-27-11-31-88-29-9-17-46-47(55(77)54(46)76)18-10-30-89-32-12-28-85-64(62(82)83)34-49(73)53(68-39(2)71)59(87-64)57(79)51(75)36-66-61(81)45-25-21-43(22-26-45)41-15-7-4-8-16-41;;;/h3-8,13-16,19-26,48-53,56-59,72-75,78-79H,9-12,17-18,27-36H2,1-2H3,(H,65,80)(H,66,81)(H,67,70)(H,68,71)(H,82,83);;;1H2/q-1;2*+1;/p-2/t48-,49-,50+,51+,52+,53+,56+,57+,58+,59+,63+,64+;;;/m0.../s1. The van der Waals surface area contributed by atoms with Crippen LogP contribution in [0.25, 0.3) is 22.3 Å². The molecule has 2 saturated heterocycles. The molecule has 11 N–H and O–H groups in total. The maximum Gasteiger partial charge on any atom is 1.00 e. The van der Waals surface area contributed by atoms with Gasteiger partial charge in [0, 0.05) is 68.6 Å². The Labute approximate surface area is 585 Å². The first-order valence-corrected chi connectivity index (χ1v) is 31.7. The van der Waals surface area contributed by atoms with E-state index in [4.69, 9.17) is 18.9 Å². The predicted octanol–water partition coefficient (Wildman–Crippen LogP) is -5.54. The first-order chi connectivity index (χ1) is 42.7. The Kier molecular flexibility index (Phi) is 33.5. The van der Waals surface area contributed by atoms with E-state index in [1.165, 1.54) is 30.4 Å². The molecule has 2 heterocycles. The Bertz CT molecular complexity index is 3230. The topological polar surface area (TPSA) is 396 Å². The van der Waals surface area contributed by atoms with Crippen molar-refractivity contribution in [1.29, 1.82) is 0 Å². The Hall–Kier alpha value is -4.76. The molecule has 5 aromatic carbocycles. The number of hydrogen-bond acceptors (Lipinski definition) is 22. The van der Waals surface area contributed by atoms with E-state index in [0.717, 1.165) is 29.2 Å². The van der Waals surface area contributed by atoms with Gasteiger partial charge in [-0.1, -0.05) is 84.9 Å². The molecule has 12 atom stereocenters. The number of rotatable bonds is 34. The summed E-state index contributed by atoms with van der Waals surface area (Å²) >= 11 is 3.02. The number of nitrogens with one attached hydrogen (secondary N) is 4. The molecule has 0 bridgehead atoms. The van der Waals surface area contributed by atoms with Gasteiger partial charge in [-0.3, -0.25) is 28.8 Å². The Morgan fingerprint density at radius 3 is 1.37 bits per heavy atom. The number of aliphatic hydroxyl groups excluding tert-OH is 6. The van der Waals surface area contributed by atoms with Crippen molar-refractivity contribution < 1.29 is 148 Å². The number of carbonyl (C=O) groups excluding carboxylic acids is 6. The number of carboxylic acids is 1. The van der Waals surface area contributed by atoms with Crippen molar-refractivity contribution in [2.24, 2.45) is 0 Å². The molecule has 2 aliphatic heterocycles. The second kappa shape index (κ2) is 38.7. The summed E-state index contributed by atoms with van der Waals surface area (Å²) < 4.78 is 23.2. The molecule has 2 aliphatic rings. The number of ether oxygens (including phenoxy) is 4. The number of carboxylic acid groups (broad SMARTS) is 1. The number of carbonyl (C=O) groups is 5. The van der Waals surface area contributed by atoms with Crippen LogP contribution >= 0.6 is 23.5 Å². The van der Waals surface area contributed by atoms with E-state index in [0.29, 0.717) is 71.8 Å². The minimum Gasteiger partial charge on any atom is -0.870 e. The van der Waals surface area contributed by atoms with Crippen LogP contribution in [0.3, 0.4) is 0 Å². The average Bonchev–Trinajstić information content (AvgIpc) is 0.796. The molecule has 0 aromatic heterocycles. The number of aliphatic hydroxyl groups is 6. The summed E-state index contributed by atoms with van der Waals surface area (Å²) in [5.41, 5.74) is 4.14. The van der Waals surface area contributed by atoms with Gasteiger partial charge < -0.3 is 91.0 Å².